The summed E-state index contributed by atoms with van der Waals surface area (Å²) < 4.78 is 19.2. The number of aryl methyl sites for hydroxylation is 1. The van der Waals surface area contributed by atoms with Gasteiger partial charge in [0.15, 0.2) is 0 Å². The van der Waals surface area contributed by atoms with Crippen molar-refractivity contribution in [2.45, 2.75) is 33.4 Å². The lowest BCUT2D eigenvalue weighted by Crippen LogP contribution is -2.29. The third-order valence-corrected chi connectivity index (χ3v) is 5.93. The van der Waals surface area contributed by atoms with Crippen LogP contribution in [0.5, 0.6) is 0 Å². The van der Waals surface area contributed by atoms with E-state index in [0.717, 1.165) is 0 Å². The van der Waals surface area contributed by atoms with Gasteiger partial charge in [-0.1, -0.05) is 18.2 Å². The second-order valence-corrected chi connectivity index (χ2v) is 8.19. The Balaban J connectivity index is 1.90. The summed E-state index contributed by atoms with van der Waals surface area (Å²) in [5, 5.41) is 11.4. The fourth-order valence-corrected chi connectivity index (χ4v) is 4.40. The van der Waals surface area contributed by atoms with Crippen molar-refractivity contribution in [3.63, 3.8) is 0 Å². The number of aromatic amines is 1. The molecule has 0 unspecified atom stereocenters. The molecule has 0 radical (unpaired) electrons. The lowest BCUT2D eigenvalue weighted by atomic mass is 9.94. The zero-order chi connectivity index (χ0) is 25.3. The smallest absolute Gasteiger partial charge is 0.355 e. The summed E-state index contributed by atoms with van der Waals surface area (Å²) in [6, 6.07) is 7.94. The Hall–Kier alpha value is -4.27. The predicted octanol–water partition coefficient (Wildman–Crippen LogP) is 3.96. The average molecular weight is 477 g/mol. The molecule has 3 heterocycles. The molecule has 0 spiro atoms. The fourth-order valence-electron chi connectivity index (χ4n) is 4.40. The van der Waals surface area contributed by atoms with Crippen LogP contribution in [0.2, 0.25) is 0 Å². The maximum Gasteiger partial charge on any atom is 0.355 e. The number of hydrogen-bond acceptors (Lipinski definition) is 6. The van der Waals surface area contributed by atoms with Crippen LogP contribution in [0.25, 0.3) is 5.76 Å². The van der Waals surface area contributed by atoms with Crippen LogP contribution in [-0.4, -0.2) is 44.2 Å². The van der Waals surface area contributed by atoms with Gasteiger partial charge in [-0.2, -0.15) is 0 Å². The second-order valence-electron chi connectivity index (χ2n) is 8.19. The summed E-state index contributed by atoms with van der Waals surface area (Å²) in [6.07, 6.45) is 3.15. The fraction of sp³-hybridized carbons (Fsp3) is 0.231. The number of rotatable bonds is 6. The number of esters is 1. The minimum Gasteiger partial charge on any atom is -0.507 e. The summed E-state index contributed by atoms with van der Waals surface area (Å²) in [5.74, 6) is -3.34. The Kier molecular flexibility index (Phi) is 6.50. The molecule has 1 aromatic carbocycles. The van der Waals surface area contributed by atoms with E-state index < -0.39 is 35.3 Å². The van der Waals surface area contributed by atoms with Gasteiger partial charge in [-0.15, -0.1) is 0 Å². The van der Waals surface area contributed by atoms with Gasteiger partial charge in [0.2, 0.25) is 0 Å². The molecule has 2 N–H and O–H groups in total. The molecule has 3 aromatic rings. The van der Waals surface area contributed by atoms with Crippen molar-refractivity contribution >= 4 is 23.4 Å². The number of halogens is 1. The van der Waals surface area contributed by atoms with Gasteiger partial charge in [0.1, 0.15) is 17.3 Å². The molecule has 2 aromatic heterocycles. The van der Waals surface area contributed by atoms with Crippen molar-refractivity contribution in [2.75, 3.05) is 6.61 Å². The van der Waals surface area contributed by atoms with E-state index in [1.807, 2.05) is 0 Å². The predicted molar refractivity (Wildman–Crippen MR) is 125 cm³/mol. The van der Waals surface area contributed by atoms with Crippen LogP contribution in [-0.2, 0) is 20.9 Å². The van der Waals surface area contributed by atoms with Crippen LogP contribution in [0.4, 0.5) is 4.39 Å². The standard InChI is InChI=1S/C26H24FN3O5/c1-4-35-26(34)21-14(2)19(15(3)29-21)23(31)20-22(17-8-5-9-18(27)11-17)30(25(33)24(20)32)13-16-7-6-10-28-12-16/h5-12,22,29,31H,4,13H2,1-3H3/t22-/m0/s1. The number of pyridine rings is 1. The highest BCUT2D eigenvalue weighted by molar-refractivity contribution is 6.46. The van der Waals surface area contributed by atoms with E-state index >= 15 is 0 Å². The third kappa shape index (κ3) is 4.32. The number of ketones is 1. The monoisotopic (exact) mass is 477 g/mol. The highest BCUT2D eigenvalue weighted by Crippen LogP contribution is 2.41. The van der Waals surface area contributed by atoms with Gasteiger partial charge in [-0.25, -0.2) is 9.18 Å². The number of likely N-dealkylation sites (tertiary alicyclic amines) is 1. The van der Waals surface area contributed by atoms with Crippen LogP contribution >= 0.6 is 0 Å². The van der Waals surface area contributed by atoms with Crippen LogP contribution in [0.1, 0.15) is 51.4 Å². The first kappa shape index (κ1) is 23.9. The largest absolute Gasteiger partial charge is 0.507 e. The molecular weight excluding hydrogens is 453 g/mol. The van der Waals surface area contributed by atoms with E-state index in [1.54, 1.807) is 51.4 Å². The van der Waals surface area contributed by atoms with Gasteiger partial charge in [-0.05, 0) is 55.7 Å². The van der Waals surface area contributed by atoms with Crippen molar-refractivity contribution < 1.29 is 28.6 Å². The number of carbonyl (C=O) groups excluding carboxylic acids is 3. The molecule has 1 amide bonds. The minimum atomic E-state index is -1.05. The zero-order valence-corrected chi connectivity index (χ0v) is 19.5. The van der Waals surface area contributed by atoms with E-state index in [2.05, 4.69) is 9.97 Å². The van der Waals surface area contributed by atoms with Gasteiger partial charge in [0, 0.05) is 30.2 Å². The number of hydrogen-bond donors (Lipinski definition) is 2. The number of aromatic nitrogens is 2. The minimum absolute atomic E-state index is 0.0234. The summed E-state index contributed by atoms with van der Waals surface area (Å²) in [4.78, 5) is 46.9. The highest BCUT2D eigenvalue weighted by Gasteiger charge is 2.46. The first-order valence-corrected chi connectivity index (χ1v) is 11.0. The molecule has 1 saturated heterocycles. The van der Waals surface area contributed by atoms with E-state index in [1.165, 1.54) is 23.1 Å². The van der Waals surface area contributed by atoms with E-state index in [9.17, 15) is 23.9 Å². The molecular formula is C26H24FN3O5. The average Bonchev–Trinajstić information content (AvgIpc) is 3.27. The second kappa shape index (κ2) is 9.54. The zero-order valence-electron chi connectivity index (χ0n) is 19.5. The lowest BCUT2D eigenvalue weighted by molar-refractivity contribution is -0.140. The van der Waals surface area contributed by atoms with Crippen LogP contribution in [0.3, 0.4) is 0 Å². The normalized spacial score (nSPS) is 17.1. The number of ether oxygens (including phenoxy) is 1. The Morgan fingerprint density at radius 1 is 1.23 bits per heavy atom. The summed E-state index contributed by atoms with van der Waals surface area (Å²) >= 11 is 0. The Morgan fingerprint density at radius 2 is 2.00 bits per heavy atom. The molecule has 180 valence electrons. The number of amides is 1. The molecule has 1 fully saturated rings. The number of carbonyl (C=O) groups is 3. The number of aliphatic hydroxyl groups is 1. The van der Waals surface area contributed by atoms with Crippen LogP contribution < -0.4 is 0 Å². The number of Topliss-reactive ketones (excluding diaryl/α,β-unsaturated/α-hetero) is 1. The lowest BCUT2D eigenvalue weighted by Gasteiger charge is -2.25. The molecule has 0 aliphatic carbocycles. The van der Waals surface area contributed by atoms with Gasteiger partial charge in [0.05, 0.1) is 18.2 Å². The Labute approximate surface area is 201 Å². The van der Waals surface area contributed by atoms with E-state index in [4.69, 9.17) is 4.74 Å². The quantitative estimate of drug-likeness (QED) is 0.241. The van der Waals surface area contributed by atoms with Crippen molar-refractivity contribution in [1.29, 1.82) is 0 Å². The molecule has 1 aliphatic heterocycles. The third-order valence-electron chi connectivity index (χ3n) is 5.93. The number of benzene rings is 1. The Bertz CT molecular complexity index is 1350. The maximum atomic E-state index is 14.2. The van der Waals surface area contributed by atoms with Crippen LogP contribution in [0, 0.1) is 19.7 Å². The first-order chi connectivity index (χ1) is 16.7. The summed E-state index contributed by atoms with van der Waals surface area (Å²) in [5.41, 5.74) is 1.94. The van der Waals surface area contributed by atoms with Crippen molar-refractivity contribution in [3.8, 4) is 0 Å². The van der Waals surface area contributed by atoms with Gasteiger partial charge >= 0.3 is 5.97 Å². The van der Waals surface area contributed by atoms with Gasteiger partial charge < -0.3 is 19.7 Å². The van der Waals surface area contributed by atoms with Crippen molar-refractivity contribution in [3.05, 3.63) is 93.8 Å². The maximum absolute atomic E-state index is 14.2. The molecule has 1 aliphatic rings. The topological polar surface area (TPSA) is 113 Å². The van der Waals surface area contributed by atoms with Gasteiger partial charge in [0.25, 0.3) is 11.7 Å². The number of nitrogens with zero attached hydrogens (tertiary/aromatic N) is 2. The number of nitrogens with one attached hydrogen (secondary N) is 1. The molecule has 8 nitrogen and oxygen atoms in total. The molecule has 1 atom stereocenters. The summed E-state index contributed by atoms with van der Waals surface area (Å²) in [6.45, 7) is 5.10. The molecule has 0 bridgehead atoms. The molecule has 9 heteroatoms. The Morgan fingerprint density at radius 3 is 2.66 bits per heavy atom. The van der Waals surface area contributed by atoms with Crippen molar-refractivity contribution in [1.82, 2.24) is 14.9 Å². The molecule has 0 saturated carbocycles. The van der Waals surface area contributed by atoms with Crippen molar-refractivity contribution in [2.24, 2.45) is 0 Å². The summed E-state index contributed by atoms with van der Waals surface area (Å²) in [7, 11) is 0. The van der Waals surface area contributed by atoms with E-state index in [0.29, 0.717) is 22.4 Å². The number of aliphatic hydroxyl groups excluding tert-OH is 1. The SMILES string of the molecule is CCOC(=O)c1[nH]c(C)c(C(O)=C2C(=O)C(=O)N(Cc3cccnc3)[C@H]2c2cccc(F)c2)c1C. The first-order valence-electron chi connectivity index (χ1n) is 11.0. The molecule has 35 heavy (non-hydrogen) atoms. The number of H-pyrrole nitrogens is 1. The van der Waals surface area contributed by atoms with E-state index in [-0.39, 0.29) is 30.0 Å². The van der Waals surface area contributed by atoms with Gasteiger partial charge in [-0.3, -0.25) is 14.6 Å². The highest BCUT2D eigenvalue weighted by atomic mass is 19.1. The van der Waals surface area contributed by atoms with Crippen LogP contribution in [0.15, 0.2) is 54.4 Å². The molecule has 4 rings (SSSR count).